The van der Waals surface area contributed by atoms with Crippen molar-refractivity contribution in [3.05, 3.63) is 0 Å². The highest BCUT2D eigenvalue weighted by Crippen LogP contribution is 2.26. The summed E-state index contributed by atoms with van der Waals surface area (Å²) in [5, 5.41) is 0. The summed E-state index contributed by atoms with van der Waals surface area (Å²) in [7, 11) is 0.446. The fourth-order valence-electron chi connectivity index (χ4n) is 2.73. The van der Waals surface area contributed by atoms with Crippen LogP contribution in [0.25, 0.3) is 0 Å². The summed E-state index contributed by atoms with van der Waals surface area (Å²) in [5.41, 5.74) is 5.48. The fraction of sp³-hybridized carbons (Fsp3) is 1.00. The van der Waals surface area contributed by atoms with Gasteiger partial charge in [-0.3, -0.25) is 0 Å². The van der Waals surface area contributed by atoms with Gasteiger partial charge < -0.3 is 14.7 Å². The van der Waals surface area contributed by atoms with Crippen LogP contribution in [0.1, 0.15) is 44.9 Å². The molecule has 0 radical (unpaired) electrons. The van der Waals surface area contributed by atoms with Crippen LogP contribution in [0, 0.1) is 0 Å². The molecule has 0 bridgehead atoms. The molecular weight excluding hydrogens is 228 g/mol. The fourth-order valence-corrected chi connectivity index (χ4v) is 5.58. The van der Waals surface area contributed by atoms with Gasteiger partial charge >= 0.3 is 0 Å². The van der Waals surface area contributed by atoms with E-state index in [-0.39, 0.29) is 0 Å². The van der Waals surface area contributed by atoms with E-state index in [2.05, 4.69) is 11.1 Å². The normalized spacial score (nSPS) is 25.6. The lowest BCUT2D eigenvalue weighted by Crippen LogP contribution is -2.48. The maximum atomic E-state index is 5.77. The molecule has 1 saturated heterocycles. The zero-order valence-electron chi connectivity index (χ0n) is 11.7. The van der Waals surface area contributed by atoms with Crippen molar-refractivity contribution < 1.29 is 4.43 Å². The molecule has 2 N–H and O–H groups in total. The topological polar surface area (TPSA) is 38.5 Å². The van der Waals surface area contributed by atoms with E-state index in [1.54, 1.807) is 0 Å². The third-order valence-electron chi connectivity index (χ3n) is 4.06. The van der Waals surface area contributed by atoms with Crippen LogP contribution in [0.5, 0.6) is 0 Å². The average molecular weight is 258 g/mol. The van der Waals surface area contributed by atoms with Gasteiger partial charge in [-0.1, -0.05) is 25.7 Å². The van der Waals surface area contributed by atoms with Crippen LogP contribution < -0.4 is 5.73 Å². The summed E-state index contributed by atoms with van der Waals surface area (Å²) >= 11 is 0. The van der Waals surface area contributed by atoms with E-state index in [9.17, 15) is 0 Å². The Labute approximate surface area is 108 Å². The number of hydrogen-bond donors (Lipinski definition) is 1. The zero-order valence-corrected chi connectivity index (χ0v) is 12.7. The molecule has 1 aliphatic rings. The standard InChI is InChI=1S/C13H30N2OSi/c1-16-17(2)13-9-12-15(17)11-8-6-4-3-5-7-10-14/h3-14H2,1-2H3. The Balaban J connectivity index is 2.02. The van der Waals surface area contributed by atoms with E-state index in [0.29, 0.717) is 0 Å². The van der Waals surface area contributed by atoms with E-state index in [0.717, 1.165) is 6.54 Å². The molecule has 1 aliphatic heterocycles. The molecule has 1 fully saturated rings. The molecule has 0 aromatic carbocycles. The highest BCUT2D eigenvalue weighted by Gasteiger charge is 2.39. The van der Waals surface area contributed by atoms with E-state index < -0.39 is 8.48 Å². The first-order chi connectivity index (χ1) is 8.23. The molecule has 102 valence electrons. The highest BCUT2D eigenvalue weighted by molar-refractivity contribution is 6.70. The third-order valence-corrected chi connectivity index (χ3v) is 8.01. The summed E-state index contributed by atoms with van der Waals surface area (Å²) in [6.45, 7) is 5.74. The number of rotatable bonds is 9. The Morgan fingerprint density at radius 1 is 1.12 bits per heavy atom. The lowest BCUT2D eigenvalue weighted by Gasteiger charge is -2.31. The van der Waals surface area contributed by atoms with E-state index in [1.165, 1.54) is 64.1 Å². The summed E-state index contributed by atoms with van der Waals surface area (Å²) in [5.74, 6) is 0. The number of nitrogens with two attached hydrogens (primary N) is 1. The van der Waals surface area contributed by atoms with Crippen LogP contribution in [-0.4, -0.2) is 39.8 Å². The average Bonchev–Trinajstić information content (AvgIpc) is 2.71. The highest BCUT2D eigenvalue weighted by atomic mass is 28.4. The SMILES string of the molecule is CO[Si]1(C)CCCN1CCCCCCCCN. The lowest BCUT2D eigenvalue weighted by molar-refractivity contribution is 0.311. The van der Waals surface area contributed by atoms with Crippen LogP contribution in [-0.2, 0) is 4.43 Å². The van der Waals surface area contributed by atoms with Gasteiger partial charge in [-0.05, 0) is 51.5 Å². The quantitative estimate of drug-likeness (QED) is 0.510. The minimum absolute atomic E-state index is 0.853. The maximum Gasteiger partial charge on any atom is 0.267 e. The van der Waals surface area contributed by atoms with Gasteiger partial charge in [0.2, 0.25) is 0 Å². The minimum Gasteiger partial charge on any atom is -0.406 e. The molecule has 0 saturated carbocycles. The van der Waals surface area contributed by atoms with Gasteiger partial charge in [0.25, 0.3) is 8.48 Å². The molecule has 17 heavy (non-hydrogen) atoms. The number of unbranched alkanes of at least 4 members (excludes halogenated alkanes) is 5. The van der Waals surface area contributed by atoms with Gasteiger partial charge in [0, 0.05) is 7.11 Å². The second-order valence-corrected chi connectivity index (χ2v) is 9.27. The van der Waals surface area contributed by atoms with Crippen molar-refractivity contribution >= 4 is 8.48 Å². The Morgan fingerprint density at radius 2 is 1.76 bits per heavy atom. The Kier molecular flexibility index (Phi) is 7.35. The van der Waals surface area contributed by atoms with Crippen molar-refractivity contribution in [2.75, 3.05) is 26.7 Å². The summed E-state index contributed by atoms with van der Waals surface area (Å²) in [4.78, 5) is 0. The molecule has 0 spiro atoms. The van der Waals surface area contributed by atoms with Crippen molar-refractivity contribution in [3.8, 4) is 0 Å². The van der Waals surface area contributed by atoms with Crippen molar-refractivity contribution in [2.24, 2.45) is 5.73 Å². The molecule has 4 heteroatoms. The molecule has 0 aliphatic carbocycles. The van der Waals surface area contributed by atoms with Crippen molar-refractivity contribution in [1.29, 1.82) is 0 Å². The van der Waals surface area contributed by atoms with Crippen molar-refractivity contribution in [3.63, 3.8) is 0 Å². The summed E-state index contributed by atoms with van der Waals surface area (Å²) in [6, 6.07) is 1.32. The first-order valence-electron chi connectivity index (χ1n) is 7.23. The summed E-state index contributed by atoms with van der Waals surface area (Å²) < 4.78 is 8.42. The molecule has 0 aromatic rings. The molecule has 0 aromatic heterocycles. The van der Waals surface area contributed by atoms with Crippen LogP contribution in [0.2, 0.25) is 12.6 Å². The lowest BCUT2D eigenvalue weighted by atomic mass is 10.1. The van der Waals surface area contributed by atoms with Gasteiger partial charge in [0.1, 0.15) is 0 Å². The van der Waals surface area contributed by atoms with Crippen molar-refractivity contribution in [1.82, 2.24) is 4.57 Å². The molecule has 1 heterocycles. The molecule has 1 atom stereocenters. The Morgan fingerprint density at radius 3 is 2.41 bits per heavy atom. The Bertz CT molecular complexity index is 204. The largest absolute Gasteiger partial charge is 0.406 e. The van der Waals surface area contributed by atoms with Crippen LogP contribution in [0.15, 0.2) is 0 Å². The third kappa shape index (κ3) is 5.08. The van der Waals surface area contributed by atoms with Gasteiger partial charge in [-0.2, -0.15) is 0 Å². The number of hydrogen-bond acceptors (Lipinski definition) is 3. The van der Waals surface area contributed by atoms with Crippen LogP contribution in [0.4, 0.5) is 0 Å². The van der Waals surface area contributed by atoms with E-state index in [4.69, 9.17) is 10.2 Å². The van der Waals surface area contributed by atoms with E-state index in [1.807, 2.05) is 7.11 Å². The smallest absolute Gasteiger partial charge is 0.267 e. The van der Waals surface area contributed by atoms with Crippen LogP contribution >= 0.6 is 0 Å². The van der Waals surface area contributed by atoms with Crippen molar-refractivity contribution in [2.45, 2.75) is 57.5 Å². The first kappa shape index (κ1) is 15.2. The second-order valence-electron chi connectivity index (χ2n) is 5.38. The molecule has 0 amide bonds. The molecular formula is C13H30N2OSi. The monoisotopic (exact) mass is 258 g/mol. The summed E-state index contributed by atoms with van der Waals surface area (Å²) in [6.07, 6.45) is 9.29. The second kappa shape index (κ2) is 8.24. The van der Waals surface area contributed by atoms with Crippen LogP contribution in [0.3, 0.4) is 0 Å². The molecule has 1 unspecified atom stereocenters. The minimum atomic E-state index is -1.45. The number of nitrogens with zero attached hydrogens (tertiary/aromatic N) is 1. The Hall–Kier alpha value is 0.0969. The maximum absolute atomic E-state index is 5.77. The van der Waals surface area contributed by atoms with Gasteiger partial charge in [0.05, 0.1) is 0 Å². The first-order valence-corrected chi connectivity index (χ1v) is 9.79. The zero-order chi connectivity index (χ0) is 12.6. The predicted octanol–water partition coefficient (Wildman–Crippen LogP) is 2.71. The van der Waals surface area contributed by atoms with Gasteiger partial charge in [-0.25, -0.2) is 0 Å². The van der Waals surface area contributed by atoms with Gasteiger partial charge in [0.15, 0.2) is 0 Å². The predicted molar refractivity (Wildman–Crippen MR) is 76.4 cm³/mol. The molecule has 1 rings (SSSR count). The van der Waals surface area contributed by atoms with E-state index >= 15 is 0 Å². The van der Waals surface area contributed by atoms with Gasteiger partial charge in [-0.15, -0.1) is 0 Å². The molecule has 3 nitrogen and oxygen atoms in total.